The van der Waals surface area contributed by atoms with Crippen LogP contribution >= 0.6 is 15.9 Å². The molecule has 4 heteroatoms. The molecule has 0 bridgehead atoms. The molecule has 3 aromatic rings. The highest BCUT2D eigenvalue weighted by atomic mass is 79.9. The molecule has 0 spiro atoms. The van der Waals surface area contributed by atoms with Gasteiger partial charge >= 0.3 is 0 Å². The molecule has 94 valence electrons. The SMILES string of the molecule is CNc1nc(-c2ccc3ccccc3c2)ncc1Br. The molecule has 0 aliphatic carbocycles. The summed E-state index contributed by atoms with van der Waals surface area (Å²) in [6.45, 7) is 0. The lowest BCUT2D eigenvalue weighted by atomic mass is 10.1. The predicted octanol–water partition coefficient (Wildman–Crippen LogP) is 4.10. The van der Waals surface area contributed by atoms with Crippen LogP contribution in [-0.4, -0.2) is 17.0 Å². The number of nitrogens with one attached hydrogen (secondary N) is 1. The second kappa shape index (κ2) is 4.97. The van der Waals surface area contributed by atoms with E-state index in [1.54, 1.807) is 6.20 Å². The van der Waals surface area contributed by atoms with Gasteiger partial charge in [0.1, 0.15) is 5.82 Å². The lowest BCUT2D eigenvalue weighted by Crippen LogP contribution is -1.97. The van der Waals surface area contributed by atoms with Crippen LogP contribution in [0, 0.1) is 0 Å². The molecule has 1 aromatic heterocycles. The number of fused-ring (bicyclic) bond motifs is 1. The van der Waals surface area contributed by atoms with E-state index in [2.05, 4.69) is 55.5 Å². The number of hydrogen-bond acceptors (Lipinski definition) is 3. The molecular weight excluding hydrogens is 302 g/mol. The largest absolute Gasteiger partial charge is 0.372 e. The Bertz CT molecular complexity index is 740. The van der Waals surface area contributed by atoms with Crippen molar-refractivity contribution in [2.45, 2.75) is 0 Å². The summed E-state index contributed by atoms with van der Waals surface area (Å²) < 4.78 is 0.861. The van der Waals surface area contributed by atoms with E-state index >= 15 is 0 Å². The first-order valence-electron chi connectivity index (χ1n) is 5.97. The molecule has 3 nitrogen and oxygen atoms in total. The summed E-state index contributed by atoms with van der Waals surface area (Å²) in [6, 6.07) is 14.5. The average molecular weight is 314 g/mol. The molecule has 0 aliphatic heterocycles. The molecule has 0 saturated carbocycles. The minimum absolute atomic E-state index is 0.721. The molecule has 3 rings (SSSR count). The maximum atomic E-state index is 4.50. The smallest absolute Gasteiger partial charge is 0.161 e. The Morgan fingerprint density at radius 1 is 1.05 bits per heavy atom. The molecule has 1 heterocycles. The van der Waals surface area contributed by atoms with Crippen molar-refractivity contribution in [3.05, 3.63) is 53.1 Å². The van der Waals surface area contributed by atoms with E-state index in [1.165, 1.54) is 10.8 Å². The number of hydrogen-bond donors (Lipinski definition) is 1. The third-order valence-corrected chi connectivity index (χ3v) is 3.57. The van der Waals surface area contributed by atoms with Crippen LogP contribution in [0.4, 0.5) is 5.82 Å². The Labute approximate surface area is 119 Å². The zero-order chi connectivity index (χ0) is 13.2. The van der Waals surface area contributed by atoms with Gasteiger partial charge in [-0.3, -0.25) is 0 Å². The van der Waals surface area contributed by atoms with Crippen molar-refractivity contribution in [2.24, 2.45) is 0 Å². The Morgan fingerprint density at radius 3 is 2.63 bits per heavy atom. The quantitative estimate of drug-likeness (QED) is 0.774. The standard InChI is InChI=1S/C15H12BrN3/c1-17-15-13(16)9-18-14(19-15)12-7-6-10-4-2-3-5-11(10)8-12/h2-9H,1H3,(H,17,18,19). The van der Waals surface area contributed by atoms with Crippen LogP contribution in [0.2, 0.25) is 0 Å². The molecular formula is C15H12BrN3. The number of rotatable bonds is 2. The first-order valence-corrected chi connectivity index (χ1v) is 6.77. The van der Waals surface area contributed by atoms with E-state index < -0.39 is 0 Å². The van der Waals surface area contributed by atoms with Crippen molar-refractivity contribution < 1.29 is 0 Å². The van der Waals surface area contributed by atoms with Crippen molar-refractivity contribution in [1.29, 1.82) is 0 Å². The van der Waals surface area contributed by atoms with Crippen molar-refractivity contribution in [3.63, 3.8) is 0 Å². The van der Waals surface area contributed by atoms with Crippen LogP contribution in [0.25, 0.3) is 22.2 Å². The van der Waals surface area contributed by atoms with Gasteiger partial charge in [0.2, 0.25) is 0 Å². The zero-order valence-corrected chi connectivity index (χ0v) is 12.0. The Hall–Kier alpha value is -1.94. The predicted molar refractivity (Wildman–Crippen MR) is 82.2 cm³/mol. The van der Waals surface area contributed by atoms with Crippen LogP contribution in [0.5, 0.6) is 0 Å². The zero-order valence-electron chi connectivity index (χ0n) is 10.4. The van der Waals surface area contributed by atoms with Crippen molar-refractivity contribution in [3.8, 4) is 11.4 Å². The van der Waals surface area contributed by atoms with Crippen LogP contribution in [0.1, 0.15) is 0 Å². The minimum atomic E-state index is 0.721. The third-order valence-electron chi connectivity index (χ3n) is 2.99. The lowest BCUT2D eigenvalue weighted by molar-refractivity contribution is 1.15. The highest BCUT2D eigenvalue weighted by Gasteiger charge is 2.06. The van der Waals surface area contributed by atoms with Crippen LogP contribution < -0.4 is 5.32 Å². The number of anilines is 1. The van der Waals surface area contributed by atoms with Gasteiger partial charge in [0.05, 0.1) is 4.47 Å². The second-order valence-corrected chi connectivity index (χ2v) is 5.06. The van der Waals surface area contributed by atoms with Gasteiger partial charge in [-0.25, -0.2) is 9.97 Å². The van der Waals surface area contributed by atoms with Crippen LogP contribution in [-0.2, 0) is 0 Å². The van der Waals surface area contributed by atoms with Gasteiger partial charge in [-0.1, -0.05) is 36.4 Å². The molecule has 0 saturated heterocycles. The summed E-state index contributed by atoms with van der Waals surface area (Å²) in [4.78, 5) is 8.86. The summed E-state index contributed by atoms with van der Waals surface area (Å²) in [5.74, 6) is 1.51. The van der Waals surface area contributed by atoms with Gasteiger partial charge in [-0.2, -0.15) is 0 Å². The van der Waals surface area contributed by atoms with E-state index in [4.69, 9.17) is 0 Å². The maximum Gasteiger partial charge on any atom is 0.161 e. The van der Waals surface area contributed by atoms with E-state index in [1.807, 2.05) is 25.2 Å². The summed E-state index contributed by atoms with van der Waals surface area (Å²) in [6.07, 6.45) is 1.77. The fourth-order valence-electron chi connectivity index (χ4n) is 2.01. The highest BCUT2D eigenvalue weighted by Crippen LogP contribution is 2.25. The molecule has 0 atom stereocenters. The molecule has 19 heavy (non-hydrogen) atoms. The lowest BCUT2D eigenvalue weighted by Gasteiger charge is -2.06. The van der Waals surface area contributed by atoms with E-state index in [0.29, 0.717) is 0 Å². The Kier molecular flexibility index (Phi) is 3.17. The highest BCUT2D eigenvalue weighted by molar-refractivity contribution is 9.10. The first kappa shape index (κ1) is 12.1. The molecule has 0 aliphatic rings. The van der Waals surface area contributed by atoms with Crippen LogP contribution in [0.3, 0.4) is 0 Å². The normalized spacial score (nSPS) is 10.6. The summed E-state index contributed by atoms with van der Waals surface area (Å²) >= 11 is 3.42. The topological polar surface area (TPSA) is 37.8 Å². The number of benzene rings is 2. The monoisotopic (exact) mass is 313 g/mol. The molecule has 0 fully saturated rings. The number of aromatic nitrogens is 2. The van der Waals surface area contributed by atoms with Gasteiger partial charge in [-0.15, -0.1) is 0 Å². The van der Waals surface area contributed by atoms with Gasteiger partial charge < -0.3 is 5.32 Å². The summed E-state index contributed by atoms with van der Waals surface area (Å²) in [7, 11) is 1.84. The van der Waals surface area contributed by atoms with Gasteiger partial charge in [0.15, 0.2) is 5.82 Å². The van der Waals surface area contributed by atoms with E-state index in [9.17, 15) is 0 Å². The molecule has 1 N–H and O–H groups in total. The maximum absolute atomic E-state index is 4.50. The average Bonchev–Trinajstić information content (AvgIpc) is 2.47. The molecule has 2 aromatic carbocycles. The second-order valence-electron chi connectivity index (χ2n) is 4.20. The Morgan fingerprint density at radius 2 is 1.84 bits per heavy atom. The summed E-state index contributed by atoms with van der Waals surface area (Å²) in [5, 5.41) is 5.46. The number of nitrogens with zero attached hydrogens (tertiary/aromatic N) is 2. The van der Waals surface area contributed by atoms with Gasteiger partial charge in [-0.05, 0) is 32.8 Å². The molecule has 0 unspecified atom stereocenters. The Balaban J connectivity index is 2.13. The van der Waals surface area contributed by atoms with Crippen molar-refractivity contribution >= 4 is 32.5 Å². The number of halogens is 1. The third kappa shape index (κ3) is 2.31. The van der Waals surface area contributed by atoms with Gasteiger partial charge in [0.25, 0.3) is 0 Å². The fraction of sp³-hybridized carbons (Fsp3) is 0.0667. The molecule has 0 amide bonds. The first-order chi connectivity index (χ1) is 9.28. The van der Waals surface area contributed by atoms with Crippen LogP contribution in [0.15, 0.2) is 53.1 Å². The van der Waals surface area contributed by atoms with E-state index in [-0.39, 0.29) is 0 Å². The van der Waals surface area contributed by atoms with Gasteiger partial charge in [0, 0.05) is 18.8 Å². The minimum Gasteiger partial charge on any atom is -0.372 e. The fourth-order valence-corrected chi connectivity index (χ4v) is 2.40. The van der Waals surface area contributed by atoms with Crippen molar-refractivity contribution in [2.75, 3.05) is 12.4 Å². The summed E-state index contributed by atoms with van der Waals surface area (Å²) in [5.41, 5.74) is 1.02. The van der Waals surface area contributed by atoms with E-state index in [0.717, 1.165) is 21.7 Å². The molecule has 0 radical (unpaired) electrons. The van der Waals surface area contributed by atoms with Crippen molar-refractivity contribution in [1.82, 2.24) is 9.97 Å².